The molecule has 4 rings (SSSR count). The maximum absolute atomic E-state index is 13.2. The van der Waals surface area contributed by atoms with Gasteiger partial charge in [0.1, 0.15) is 17.9 Å². The van der Waals surface area contributed by atoms with Crippen molar-refractivity contribution in [1.82, 2.24) is 5.32 Å². The lowest BCUT2D eigenvalue weighted by atomic mass is 10.1. The van der Waals surface area contributed by atoms with Gasteiger partial charge in [-0.25, -0.2) is 9.69 Å². The number of nitrogens with zero attached hydrogens (tertiary/aromatic N) is 1. The van der Waals surface area contributed by atoms with Crippen LogP contribution < -0.4 is 15.0 Å². The van der Waals surface area contributed by atoms with Crippen LogP contribution in [0.5, 0.6) is 5.75 Å². The first-order chi connectivity index (χ1) is 15.8. The number of imide groups is 2. The Hall–Kier alpha value is -3.90. The number of para-hydroxylation sites is 1. The van der Waals surface area contributed by atoms with Crippen LogP contribution in [0.3, 0.4) is 0 Å². The maximum atomic E-state index is 13.2. The van der Waals surface area contributed by atoms with Gasteiger partial charge >= 0.3 is 6.03 Å². The molecular weight excluding hydrogens is 440 g/mol. The smallest absolute Gasteiger partial charge is 0.335 e. The third-order valence-electron chi connectivity index (χ3n) is 5.21. The number of hydrogen-bond donors (Lipinski definition) is 1. The molecule has 6 nitrogen and oxygen atoms in total. The van der Waals surface area contributed by atoms with Gasteiger partial charge in [0.2, 0.25) is 0 Å². The molecular formula is C26H21ClN2O4. The van der Waals surface area contributed by atoms with Crippen LogP contribution in [0.15, 0.2) is 72.3 Å². The minimum atomic E-state index is -0.828. The normalized spacial score (nSPS) is 15.1. The zero-order chi connectivity index (χ0) is 23.5. The zero-order valence-corrected chi connectivity index (χ0v) is 18.8. The second-order valence-corrected chi connectivity index (χ2v) is 8.11. The fourth-order valence-corrected chi connectivity index (χ4v) is 3.64. The van der Waals surface area contributed by atoms with Gasteiger partial charge in [-0.3, -0.25) is 14.9 Å². The van der Waals surface area contributed by atoms with Crippen molar-refractivity contribution in [2.75, 3.05) is 4.90 Å². The Morgan fingerprint density at radius 3 is 2.52 bits per heavy atom. The van der Waals surface area contributed by atoms with Gasteiger partial charge in [0.05, 0.1) is 5.69 Å². The third-order valence-corrected chi connectivity index (χ3v) is 5.62. The molecule has 0 radical (unpaired) electrons. The Bertz CT molecular complexity index is 1300. The highest BCUT2D eigenvalue weighted by Gasteiger charge is 2.37. The van der Waals surface area contributed by atoms with E-state index in [1.807, 2.05) is 38.1 Å². The minimum absolute atomic E-state index is 0.182. The van der Waals surface area contributed by atoms with Crippen LogP contribution in [-0.2, 0) is 16.2 Å². The summed E-state index contributed by atoms with van der Waals surface area (Å²) in [7, 11) is 0. The number of urea groups is 1. The minimum Gasteiger partial charge on any atom is -0.488 e. The van der Waals surface area contributed by atoms with E-state index < -0.39 is 17.8 Å². The molecule has 1 fully saturated rings. The SMILES string of the molecule is Cc1cccc(COc2ccccc2/C=C2/C(=O)NC(=O)N(c3ccc(C)c(Cl)c3)C2=O)c1. The average molecular weight is 461 g/mol. The first-order valence-electron chi connectivity index (χ1n) is 10.3. The van der Waals surface area contributed by atoms with Crippen molar-refractivity contribution in [3.63, 3.8) is 0 Å². The quantitative estimate of drug-likeness (QED) is 0.419. The molecule has 0 atom stereocenters. The van der Waals surface area contributed by atoms with E-state index in [9.17, 15) is 14.4 Å². The van der Waals surface area contributed by atoms with Crippen LogP contribution in [0.25, 0.3) is 6.08 Å². The number of halogens is 1. The van der Waals surface area contributed by atoms with Gasteiger partial charge in [0.15, 0.2) is 0 Å². The number of carbonyl (C=O) groups excluding carboxylic acids is 3. The molecule has 0 unspecified atom stereocenters. The van der Waals surface area contributed by atoms with Gasteiger partial charge in [-0.1, -0.05) is 65.7 Å². The number of carbonyl (C=O) groups is 3. The van der Waals surface area contributed by atoms with E-state index in [2.05, 4.69) is 5.32 Å². The molecule has 0 bridgehead atoms. The molecule has 0 saturated carbocycles. The molecule has 1 aliphatic rings. The lowest BCUT2D eigenvalue weighted by Gasteiger charge is -2.26. The van der Waals surface area contributed by atoms with Gasteiger partial charge < -0.3 is 4.74 Å². The first kappa shape index (κ1) is 22.3. The van der Waals surface area contributed by atoms with Crippen LogP contribution in [0.1, 0.15) is 22.3 Å². The largest absolute Gasteiger partial charge is 0.488 e. The number of anilines is 1. The van der Waals surface area contributed by atoms with E-state index in [1.165, 1.54) is 12.1 Å². The van der Waals surface area contributed by atoms with E-state index in [0.717, 1.165) is 21.6 Å². The van der Waals surface area contributed by atoms with Crippen LogP contribution in [0.4, 0.5) is 10.5 Å². The molecule has 7 heteroatoms. The summed E-state index contributed by atoms with van der Waals surface area (Å²) in [4.78, 5) is 39.0. The number of rotatable bonds is 5. The van der Waals surface area contributed by atoms with Crippen molar-refractivity contribution in [3.05, 3.63) is 99.6 Å². The second-order valence-electron chi connectivity index (χ2n) is 7.71. The van der Waals surface area contributed by atoms with E-state index >= 15 is 0 Å². The Labute approximate surface area is 196 Å². The van der Waals surface area contributed by atoms with Gasteiger partial charge in [0, 0.05) is 10.6 Å². The first-order valence-corrected chi connectivity index (χ1v) is 10.7. The molecule has 0 aromatic heterocycles. The number of hydrogen-bond acceptors (Lipinski definition) is 4. The molecule has 1 saturated heterocycles. The van der Waals surface area contributed by atoms with Gasteiger partial charge in [-0.2, -0.15) is 0 Å². The topological polar surface area (TPSA) is 75.7 Å². The fraction of sp³-hybridized carbons (Fsp3) is 0.115. The van der Waals surface area contributed by atoms with Crippen LogP contribution in [0, 0.1) is 13.8 Å². The van der Waals surface area contributed by atoms with Crippen LogP contribution in [-0.4, -0.2) is 17.8 Å². The van der Waals surface area contributed by atoms with Crippen molar-refractivity contribution >= 4 is 41.2 Å². The average Bonchev–Trinajstić information content (AvgIpc) is 2.78. The van der Waals surface area contributed by atoms with Gasteiger partial charge in [0.25, 0.3) is 11.8 Å². The highest BCUT2D eigenvalue weighted by atomic mass is 35.5. The second kappa shape index (κ2) is 9.30. The molecule has 3 aromatic rings. The lowest BCUT2D eigenvalue weighted by molar-refractivity contribution is -0.122. The fourth-order valence-electron chi connectivity index (χ4n) is 3.46. The highest BCUT2D eigenvalue weighted by Crippen LogP contribution is 2.28. The van der Waals surface area contributed by atoms with Crippen molar-refractivity contribution in [1.29, 1.82) is 0 Å². The highest BCUT2D eigenvalue weighted by molar-refractivity contribution is 6.39. The molecule has 4 amide bonds. The number of benzene rings is 3. The maximum Gasteiger partial charge on any atom is 0.335 e. The van der Waals surface area contributed by atoms with Crippen molar-refractivity contribution in [2.45, 2.75) is 20.5 Å². The molecule has 3 aromatic carbocycles. The Morgan fingerprint density at radius 2 is 1.76 bits per heavy atom. The standard InChI is InChI=1S/C26H21ClN2O4/c1-16-6-5-7-18(12-16)15-33-23-9-4-3-8-19(23)13-21-24(30)28-26(32)29(25(21)31)20-11-10-17(2)22(27)14-20/h3-14H,15H2,1-2H3,(H,28,30,32)/b21-13-. The molecule has 33 heavy (non-hydrogen) atoms. The summed E-state index contributed by atoms with van der Waals surface area (Å²) in [6.07, 6.45) is 1.43. The summed E-state index contributed by atoms with van der Waals surface area (Å²) in [6.45, 7) is 4.14. The Morgan fingerprint density at radius 1 is 0.970 bits per heavy atom. The molecule has 1 heterocycles. The van der Waals surface area contributed by atoms with Crippen molar-refractivity contribution in [2.24, 2.45) is 0 Å². The molecule has 1 N–H and O–H groups in total. The predicted molar refractivity (Wildman–Crippen MR) is 127 cm³/mol. The van der Waals surface area contributed by atoms with E-state index in [4.69, 9.17) is 16.3 Å². The Kier molecular flexibility index (Phi) is 6.29. The van der Waals surface area contributed by atoms with Crippen LogP contribution >= 0.6 is 11.6 Å². The predicted octanol–water partition coefficient (Wildman–Crippen LogP) is 5.20. The molecule has 0 aliphatic carbocycles. The molecule has 166 valence electrons. The molecule has 0 spiro atoms. The zero-order valence-electron chi connectivity index (χ0n) is 18.1. The number of amides is 4. The van der Waals surface area contributed by atoms with E-state index in [-0.39, 0.29) is 11.3 Å². The summed E-state index contributed by atoms with van der Waals surface area (Å²) in [6, 6.07) is 19.0. The summed E-state index contributed by atoms with van der Waals surface area (Å²) in [5.74, 6) is -1.00. The van der Waals surface area contributed by atoms with Gasteiger partial charge in [-0.05, 0) is 49.2 Å². The Balaban J connectivity index is 1.65. The number of ether oxygens (including phenoxy) is 1. The number of nitrogens with one attached hydrogen (secondary N) is 1. The number of barbiturate groups is 1. The van der Waals surface area contributed by atoms with Crippen LogP contribution in [0.2, 0.25) is 5.02 Å². The summed E-state index contributed by atoms with van der Waals surface area (Å²) in [5.41, 5.74) is 3.55. The monoisotopic (exact) mass is 460 g/mol. The summed E-state index contributed by atoms with van der Waals surface area (Å²) >= 11 is 6.17. The summed E-state index contributed by atoms with van der Waals surface area (Å²) < 4.78 is 5.97. The van der Waals surface area contributed by atoms with E-state index in [1.54, 1.807) is 36.4 Å². The van der Waals surface area contributed by atoms with Crippen molar-refractivity contribution < 1.29 is 19.1 Å². The lowest BCUT2D eigenvalue weighted by Crippen LogP contribution is -2.54. The summed E-state index contributed by atoms with van der Waals surface area (Å²) in [5, 5.41) is 2.63. The number of aryl methyl sites for hydroxylation is 2. The van der Waals surface area contributed by atoms with Gasteiger partial charge in [-0.15, -0.1) is 0 Å². The van der Waals surface area contributed by atoms with E-state index in [0.29, 0.717) is 22.9 Å². The van der Waals surface area contributed by atoms with Crippen molar-refractivity contribution in [3.8, 4) is 5.75 Å². The molecule has 1 aliphatic heterocycles. The third kappa shape index (κ3) is 4.81.